The van der Waals surface area contributed by atoms with E-state index in [1.165, 1.54) is 5.56 Å². The number of benzene rings is 3. The summed E-state index contributed by atoms with van der Waals surface area (Å²) < 4.78 is 0. The maximum Gasteiger partial charge on any atom is 0.243 e. The fourth-order valence-corrected chi connectivity index (χ4v) is 4.18. The number of carbonyl (C=O) groups is 2. The van der Waals surface area contributed by atoms with Crippen LogP contribution in [0.4, 0.5) is 0 Å². The van der Waals surface area contributed by atoms with E-state index in [-0.39, 0.29) is 17.9 Å². The molecule has 0 spiro atoms. The van der Waals surface area contributed by atoms with Crippen LogP contribution in [0.1, 0.15) is 62.3 Å². The van der Waals surface area contributed by atoms with Crippen LogP contribution in [-0.2, 0) is 29.0 Å². The summed E-state index contributed by atoms with van der Waals surface area (Å²) in [7, 11) is 0. The third-order valence-electron chi connectivity index (χ3n) is 6.17. The quantitative estimate of drug-likeness (QED) is 0.379. The number of carbonyl (C=O) groups excluding carboxylic acids is 2. The van der Waals surface area contributed by atoms with Gasteiger partial charge in [0.1, 0.15) is 6.04 Å². The van der Waals surface area contributed by atoms with Crippen LogP contribution in [0.3, 0.4) is 0 Å². The van der Waals surface area contributed by atoms with E-state index < -0.39 is 6.04 Å². The van der Waals surface area contributed by atoms with Gasteiger partial charge in [-0.05, 0) is 48.4 Å². The van der Waals surface area contributed by atoms with Gasteiger partial charge in [0.25, 0.3) is 0 Å². The summed E-state index contributed by atoms with van der Waals surface area (Å²) in [5, 5.41) is 3.04. The summed E-state index contributed by atoms with van der Waals surface area (Å²) in [5.41, 5.74) is 4.47. The van der Waals surface area contributed by atoms with Crippen molar-refractivity contribution in [2.45, 2.75) is 71.5 Å². The van der Waals surface area contributed by atoms with Crippen molar-refractivity contribution in [2.24, 2.45) is 0 Å². The van der Waals surface area contributed by atoms with Gasteiger partial charge >= 0.3 is 0 Å². The van der Waals surface area contributed by atoms with Crippen LogP contribution in [-0.4, -0.2) is 28.8 Å². The number of nitrogens with one attached hydrogen (secondary N) is 1. The minimum atomic E-state index is -0.587. The highest BCUT2D eigenvalue weighted by Gasteiger charge is 2.30. The molecule has 0 radical (unpaired) electrons. The number of nitrogens with zero attached hydrogens (tertiary/aromatic N) is 1. The Morgan fingerprint density at radius 2 is 1.31 bits per heavy atom. The smallest absolute Gasteiger partial charge is 0.243 e. The van der Waals surface area contributed by atoms with Crippen molar-refractivity contribution in [1.82, 2.24) is 10.2 Å². The van der Waals surface area contributed by atoms with E-state index in [0.29, 0.717) is 31.7 Å². The van der Waals surface area contributed by atoms with Gasteiger partial charge in [-0.15, -0.1) is 0 Å². The third kappa shape index (κ3) is 8.10. The minimum Gasteiger partial charge on any atom is -0.352 e. The molecule has 1 N–H and O–H groups in total. The maximum atomic E-state index is 13.7. The lowest BCUT2D eigenvalue weighted by Crippen LogP contribution is -2.51. The second-order valence-electron chi connectivity index (χ2n) is 9.77. The fraction of sp³-hybridized carbons (Fsp3) is 0.355. The van der Waals surface area contributed by atoms with Crippen molar-refractivity contribution in [3.63, 3.8) is 0 Å². The van der Waals surface area contributed by atoms with Crippen LogP contribution in [0.25, 0.3) is 0 Å². The number of rotatable bonds is 11. The Balaban J connectivity index is 1.85. The van der Waals surface area contributed by atoms with Crippen molar-refractivity contribution >= 4 is 11.8 Å². The minimum absolute atomic E-state index is 0.00563. The summed E-state index contributed by atoms with van der Waals surface area (Å²) in [6.45, 7) is 8.64. The Kier molecular flexibility index (Phi) is 9.66. The molecule has 0 heterocycles. The highest BCUT2D eigenvalue weighted by molar-refractivity contribution is 5.88. The molecule has 1 atom stereocenters. The first-order valence-corrected chi connectivity index (χ1v) is 12.6. The van der Waals surface area contributed by atoms with Crippen LogP contribution in [0.5, 0.6) is 0 Å². The van der Waals surface area contributed by atoms with E-state index >= 15 is 0 Å². The van der Waals surface area contributed by atoms with Crippen LogP contribution in [0.15, 0.2) is 84.9 Å². The fourth-order valence-electron chi connectivity index (χ4n) is 4.18. The molecule has 3 aromatic rings. The average Bonchev–Trinajstić information content (AvgIpc) is 2.85. The molecule has 4 nitrogen and oxygen atoms in total. The first-order valence-electron chi connectivity index (χ1n) is 12.6. The van der Waals surface area contributed by atoms with E-state index in [1.807, 2.05) is 74.5 Å². The lowest BCUT2D eigenvalue weighted by atomic mass is 9.99. The molecular formula is C31H38N2O2. The van der Waals surface area contributed by atoms with Crippen LogP contribution in [0.2, 0.25) is 0 Å². The highest BCUT2D eigenvalue weighted by atomic mass is 16.2. The second kappa shape index (κ2) is 12.9. The van der Waals surface area contributed by atoms with Gasteiger partial charge in [-0.25, -0.2) is 0 Å². The molecule has 35 heavy (non-hydrogen) atoms. The van der Waals surface area contributed by atoms with Gasteiger partial charge in [-0.2, -0.15) is 0 Å². The molecule has 0 aromatic heterocycles. The highest BCUT2D eigenvalue weighted by Crippen LogP contribution is 2.19. The van der Waals surface area contributed by atoms with Crippen molar-refractivity contribution < 1.29 is 9.59 Å². The molecule has 0 fully saturated rings. The number of amides is 2. The van der Waals surface area contributed by atoms with Gasteiger partial charge in [0.15, 0.2) is 0 Å². The van der Waals surface area contributed by atoms with Crippen LogP contribution in [0, 0.1) is 0 Å². The van der Waals surface area contributed by atoms with Gasteiger partial charge < -0.3 is 10.2 Å². The second-order valence-corrected chi connectivity index (χ2v) is 9.77. The van der Waals surface area contributed by atoms with Gasteiger partial charge in [-0.3, -0.25) is 9.59 Å². The summed E-state index contributed by atoms with van der Waals surface area (Å²) >= 11 is 0. The molecule has 0 saturated carbocycles. The van der Waals surface area contributed by atoms with E-state index in [9.17, 15) is 9.59 Å². The van der Waals surface area contributed by atoms with Gasteiger partial charge in [0.05, 0.1) is 0 Å². The van der Waals surface area contributed by atoms with Crippen LogP contribution < -0.4 is 5.32 Å². The van der Waals surface area contributed by atoms with Crippen LogP contribution >= 0.6 is 0 Å². The average molecular weight is 471 g/mol. The predicted molar refractivity (Wildman–Crippen MR) is 143 cm³/mol. The first-order chi connectivity index (χ1) is 16.8. The zero-order chi connectivity index (χ0) is 25.2. The van der Waals surface area contributed by atoms with Crippen molar-refractivity contribution in [3.05, 3.63) is 107 Å². The zero-order valence-electron chi connectivity index (χ0n) is 21.4. The first kappa shape index (κ1) is 26.2. The van der Waals surface area contributed by atoms with Crippen molar-refractivity contribution in [3.8, 4) is 0 Å². The monoisotopic (exact) mass is 470 g/mol. The normalized spacial score (nSPS) is 11.9. The largest absolute Gasteiger partial charge is 0.352 e. The molecule has 2 amide bonds. The number of hydrogen-bond acceptors (Lipinski definition) is 2. The molecule has 0 saturated heterocycles. The van der Waals surface area contributed by atoms with Crippen molar-refractivity contribution in [1.29, 1.82) is 0 Å². The Hall–Kier alpha value is -3.40. The summed E-state index contributed by atoms with van der Waals surface area (Å²) in [5.74, 6) is 0.348. The van der Waals surface area contributed by atoms with E-state index in [2.05, 4.69) is 43.4 Å². The Morgan fingerprint density at radius 3 is 1.86 bits per heavy atom. The molecule has 0 aliphatic carbocycles. The topological polar surface area (TPSA) is 49.4 Å². The number of hydrogen-bond donors (Lipinski definition) is 1. The SMILES string of the molecule is CC(C)NC(=O)[C@@H](Cc1ccccc1)N(Cc1ccccc1)C(=O)CCc1ccc(C(C)C)cc1. The molecule has 0 unspecified atom stereocenters. The lowest BCUT2D eigenvalue weighted by Gasteiger charge is -2.32. The van der Waals surface area contributed by atoms with Gasteiger partial charge in [-0.1, -0.05) is 98.8 Å². The van der Waals surface area contributed by atoms with Crippen molar-refractivity contribution in [2.75, 3.05) is 0 Å². The number of aryl methyl sites for hydroxylation is 1. The van der Waals surface area contributed by atoms with E-state index in [4.69, 9.17) is 0 Å². The summed E-state index contributed by atoms with van der Waals surface area (Å²) in [6.07, 6.45) is 1.47. The molecule has 0 bridgehead atoms. The Labute approximate surface area is 210 Å². The zero-order valence-corrected chi connectivity index (χ0v) is 21.4. The molecular weight excluding hydrogens is 432 g/mol. The van der Waals surface area contributed by atoms with E-state index in [1.54, 1.807) is 4.90 Å². The standard InChI is InChI=1S/C31H38N2O2/c1-23(2)28-18-15-25(16-19-28)17-20-30(34)33(22-27-13-9-6-10-14-27)29(31(35)32-24(3)4)21-26-11-7-5-8-12-26/h5-16,18-19,23-24,29H,17,20-22H2,1-4H3,(H,32,35)/t29-/m1/s1. The molecule has 0 aliphatic rings. The molecule has 0 aliphatic heterocycles. The lowest BCUT2D eigenvalue weighted by molar-refractivity contribution is -0.141. The summed E-state index contributed by atoms with van der Waals surface area (Å²) in [6, 6.07) is 27.7. The molecule has 3 aromatic carbocycles. The van der Waals surface area contributed by atoms with Gasteiger partial charge in [0, 0.05) is 25.4 Å². The molecule has 4 heteroatoms. The third-order valence-corrected chi connectivity index (χ3v) is 6.17. The molecule has 3 rings (SSSR count). The Morgan fingerprint density at radius 1 is 0.743 bits per heavy atom. The summed E-state index contributed by atoms with van der Waals surface area (Å²) in [4.78, 5) is 28.8. The predicted octanol–water partition coefficient (Wildman–Crippen LogP) is 5.91. The maximum absolute atomic E-state index is 13.7. The van der Waals surface area contributed by atoms with E-state index in [0.717, 1.165) is 16.7 Å². The van der Waals surface area contributed by atoms with Gasteiger partial charge in [0.2, 0.25) is 11.8 Å². The Bertz CT molecular complexity index is 1060. The molecule has 184 valence electrons.